The molecule has 0 aliphatic carbocycles. The molecule has 1 saturated heterocycles. The Morgan fingerprint density at radius 3 is 2.54 bits per heavy atom. The minimum Gasteiger partial charge on any atom is -0.465 e. The van der Waals surface area contributed by atoms with Gasteiger partial charge >= 0.3 is 5.97 Å². The van der Waals surface area contributed by atoms with E-state index in [1.165, 1.54) is 7.11 Å². The smallest absolute Gasteiger partial charge is 0.337 e. The van der Waals surface area contributed by atoms with Gasteiger partial charge in [-0.1, -0.05) is 30.3 Å². The molecule has 2 aromatic carbocycles. The number of nitrogens with one attached hydrogen (secondary N) is 2. The number of esters is 1. The van der Waals surface area contributed by atoms with Crippen LogP contribution in [0.15, 0.2) is 79.0 Å². The average Bonchev–Trinajstić information content (AvgIpc) is 3.47. The third-order valence-corrected chi connectivity index (χ3v) is 7.86. The molecular weight excluding hydrogens is 534 g/mol. The van der Waals surface area contributed by atoms with Crippen LogP contribution in [0.3, 0.4) is 0 Å². The average molecular weight is 568 g/mol. The van der Waals surface area contributed by atoms with E-state index in [2.05, 4.69) is 38.1 Å². The van der Waals surface area contributed by atoms with Crippen LogP contribution < -0.4 is 10.6 Å². The maximum atomic E-state index is 13.0. The number of carbonyl (C=O) groups is 2. The first-order valence-electron chi connectivity index (χ1n) is 13.5. The van der Waals surface area contributed by atoms with Gasteiger partial charge in [0.15, 0.2) is 5.11 Å². The summed E-state index contributed by atoms with van der Waals surface area (Å²) in [6.07, 6.45) is 2.04. The summed E-state index contributed by atoms with van der Waals surface area (Å²) < 4.78 is 7.06. The molecule has 210 valence electrons. The van der Waals surface area contributed by atoms with Crippen molar-refractivity contribution in [1.82, 2.24) is 19.8 Å². The van der Waals surface area contributed by atoms with Crippen molar-refractivity contribution in [3.8, 4) is 5.69 Å². The number of carbonyl (C=O) groups excluding carboxylic acids is 2. The van der Waals surface area contributed by atoms with Crippen molar-refractivity contribution >= 4 is 34.9 Å². The minimum absolute atomic E-state index is 0.0766. The molecule has 2 aromatic heterocycles. The molecule has 1 aliphatic rings. The first-order valence-corrected chi connectivity index (χ1v) is 13.9. The van der Waals surface area contributed by atoms with Gasteiger partial charge in [-0.15, -0.1) is 0 Å². The van der Waals surface area contributed by atoms with Crippen LogP contribution in [0.1, 0.15) is 57.1 Å². The quantitative estimate of drug-likeness (QED) is 0.212. The highest BCUT2D eigenvalue weighted by molar-refractivity contribution is 7.80. The van der Waals surface area contributed by atoms with Crippen LogP contribution in [0.25, 0.3) is 5.69 Å². The zero-order chi connectivity index (χ0) is 29.1. The van der Waals surface area contributed by atoms with E-state index in [1.54, 1.807) is 12.3 Å². The fourth-order valence-electron chi connectivity index (χ4n) is 5.51. The van der Waals surface area contributed by atoms with Crippen molar-refractivity contribution in [2.75, 3.05) is 19.0 Å². The van der Waals surface area contributed by atoms with Gasteiger partial charge < -0.3 is 24.8 Å². The molecule has 1 fully saturated rings. The summed E-state index contributed by atoms with van der Waals surface area (Å²) in [5, 5.41) is 7.08. The molecule has 0 bridgehead atoms. The molecule has 4 aromatic rings. The van der Waals surface area contributed by atoms with Crippen molar-refractivity contribution in [2.45, 2.75) is 39.3 Å². The zero-order valence-corrected chi connectivity index (χ0v) is 24.4. The van der Waals surface area contributed by atoms with E-state index in [-0.39, 0.29) is 30.4 Å². The van der Waals surface area contributed by atoms with E-state index in [9.17, 15) is 9.59 Å². The Labute approximate surface area is 245 Å². The number of methoxy groups -OCH3 is 1. The molecule has 5 rings (SSSR count). The minimum atomic E-state index is -0.384. The third kappa shape index (κ3) is 5.71. The molecule has 0 unspecified atom stereocenters. The van der Waals surface area contributed by atoms with Gasteiger partial charge in [0.1, 0.15) is 0 Å². The topological polar surface area (TPSA) is 88.5 Å². The lowest BCUT2D eigenvalue weighted by Gasteiger charge is -2.28. The summed E-state index contributed by atoms with van der Waals surface area (Å²) in [5.74, 6) is -0.461. The van der Waals surface area contributed by atoms with Crippen LogP contribution >= 0.6 is 12.2 Å². The second-order valence-electron chi connectivity index (χ2n) is 10.1. The number of amides is 1. The van der Waals surface area contributed by atoms with Gasteiger partial charge in [0.2, 0.25) is 5.91 Å². The van der Waals surface area contributed by atoms with Gasteiger partial charge in [-0.05, 0) is 86.6 Å². The number of aryl methyl sites for hydroxylation is 2. The SMILES string of the molecule is COC(=O)c1cccc(-n2c(C)cc([C@H]3[C@H](c4ccccn4)NC(=S)N3CCC(=O)Nc3ccccc3C)c2C)c1. The third-order valence-electron chi connectivity index (χ3n) is 7.51. The number of aromatic nitrogens is 2. The Bertz CT molecular complexity index is 1600. The molecule has 1 amide bonds. The molecule has 8 nitrogen and oxygen atoms in total. The predicted octanol–water partition coefficient (Wildman–Crippen LogP) is 5.59. The number of hydrogen-bond acceptors (Lipinski definition) is 5. The van der Waals surface area contributed by atoms with Crippen LogP contribution in [0.4, 0.5) is 5.69 Å². The first-order chi connectivity index (χ1) is 19.8. The first kappa shape index (κ1) is 28.0. The van der Waals surface area contributed by atoms with E-state index in [4.69, 9.17) is 17.0 Å². The molecule has 41 heavy (non-hydrogen) atoms. The second-order valence-corrected chi connectivity index (χ2v) is 10.5. The van der Waals surface area contributed by atoms with Crippen molar-refractivity contribution in [2.24, 2.45) is 0 Å². The number of pyridine rings is 1. The Kier molecular flexibility index (Phi) is 8.16. The van der Waals surface area contributed by atoms with Gasteiger partial charge in [-0.3, -0.25) is 9.78 Å². The molecule has 1 aliphatic heterocycles. The Morgan fingerprint density at radius 2 is 1.80 bits per heavy atom. The highest BCUT2D eigenvalue weighted by atomic mass is 32.1. The van der Waals surface area contributed by atoms with E-state index < -0.39 is 0 Å². The number of nitrogens with zero attached hydrogens (tertiary/aromatic N) is 3. The predicted molar refractivity (Wildman–Crippen MR) is 163 cm³/mol. The van der Waals surface area contributed by atoms with E-state index >= 15 is 0 Å². The Hall–Kier alpha value is -4.50. The van der Waals surface area contributed by atoms with Crippen LogP contribution in [0.5, 0.6) is 0 Å². The van der Waals surface area contributed by atoms with Crippen molar-refractivity contribution < 1.29 is 14.3 Å². The van der Waals surface area contributed by atoms with Gasteiger partial charge in [0.05, 0.1) is 30.5 Å². The Morgan fingerprint density at radius 1 is 1.02 bits per heavy atom. The number of rotatable bonds is 8. The number of ether oxygens (including phenoxy) is 1. The standard InChI is InChI=1S/C32H33N5O3S/c1-20-10-5-6-13-26(20)34-28(38)15-17-36-30(29(35-32(36)41)27-14-7-8-16-33-27)25-18-21(2)37(22(25)3)24-12-9-11-23(19-24)31(39)40-4/h5-14,16,18-19,29-30H,15,17H2,1-4H3,(H,34,38)(H,35,41)/t29-,30-/m0/s1. The molecule has 3 heterocycles. The highest BCUT2D eigenvalue weighted by Crippen LogP contribution is 2.41. The summed E-state index contributed by atoms with van der Waals surface area (Å²) in [6, 6.07) is 22.7. The fourth-order valence-corrected chi connectivity index (χ4v) is 5.84. The normalized spacial score (nSPS) is 16.4. The highest BCUT2D eigenvalue weighted by Gasteiger charge is 2.41. The number of para-hydroxylation sites is 1. The van der Waals surface area contributed by atoms with Crippen molar-refractivity contribution in [3.05, 3.63) is 113 Å². The van der Waals surface area contributed by atoms with E-state index in [0.29, 0.717) is 17.2 Å². The molecule has 2 atom stereocenters. The van der Waals surface area contributed by atoms with Crippen LogP contribution in [-0.2, 0) is 9.53 Å². The van der Waals surface area contributed by atoms with E-state index in [0.717, 1.165) is 39.6 Å². The van der Waals surface area contributed by atoms with E-state index in [1.807, 2.05) is 74.5 Å². The molecule has 0 radical (unpaired) electrons. The van der Waals surface area contributed by atoms with Gasteiger partial charge in [0.25, 0.3) is 0 Å². The lowest BCUT2D eigenvalue weighted by Crippen LogP contribution is -2.33. The van der Waals surface area contributed by atoms with Crippen molar-refractivity contribution in [1.29, 1.82) is 0 Å². The Balaban J connectivity index is 1.49. The fraction of sp³-hybridized carbons (Fsp3) is 0.250. The number of benzene rings is 2. The molecule has 0 saturated carbocycles. The van der Waals surface area contributed by atoms with Crippen LogP contribution in [0.2, 0.25) is 0 Å². The molecular formula is C32H33N5O3S. The molecule has 0 spiro atoms. The number of hydrogen-bond donors (Lipinski definition) is 2. The van der Waals surface area contributed by atoms with Crippen molar-refractivity contribution in [3.63, 3.8) is 0 Å². The summed E-state index contributed by atoms with van der Waals surface area (Å²) in [5.41, 5.74) is 7.11. The zero-order valence-electron chi connectivity index (χ0n) is 23.5. The van der Waals surface area contributed by atoms with Gasteiger partial charge in [-0.2, -0.15) is 0 Å². The maximum Gasteiger partial charge on any atom is 0.337 e. The van der Waals surface area contributed by atoms with Gasteiger partial charge in [-0.25, -0.2) is 4.79 Å². The summed E-state index contributed by atoms with van der Waals surface area (Å²) in [4.78, 5) is 31.9. The van der Waals surface area contributed by atoms with Crippen LogP contribution in [-0.4, -0.2) is 45.1 Å². The lowest BCUT2D eigenvalue weighted by molar-refractivity contribution is -0.116. The summed E-state index contributed by atoms with van der Waals surface area (Å²) in [6.45, 7) is 6.50. The molecule has 2 N–H and O–H groups in total. The molecule has 9 heteroatoms. The maximum absolute atomic E-state index is 13.0. The van der Waals surface area contributed by atoms with Crippen LogP contribution in [0, 0.1) is 20.8 Å². The lowest BCUT2D eigenvalue weighted by atomic mass is 9.96. The number of anilines is 1. The summed E-state index contributed by atoms with van der Waals surface area (Å²) in [7, 11) is 1.38. The van der Waals surface area contributed by atoms with Gasteiger partial charge in [0, 0.05) is 41.9 Å². The largest absolute Gasteiger partial charge is 0.465 e. The monoisotopic (exact) mass is 567 g/mol. The number of thiocarbonyl (C=S) groups is 1. The second kappa shape index (κ2) is 11.9. The summed E-state index contributed by atoms with van der Waals surface area (Å²) >= 11 is 5.83.